The van der Waals surface area contributed by atoms with Crippen LogP contribution >= 0.6 is 11.3 Å². The molecule has 166 valence electrons. The first kappa shape index (κ1) is 21.2. The molecule has 5 rings (SSSR count). The van der Waals surface area contributed by atoms with Crippen molar-refractivity contribution in [2.24, 2.45) is 0 Å². The van der Waals surface area contributed by atoms with Gasteiger partial charge in [-0.1, -0.05) is 49.4 Å². The van der Waals surface area contributed by atoms with E-state index in [9.17, 15) is 8.42 Å². The molecular formula is C24H26N4O2S2. The first-order valence-corrected chi connectivity index (χ1v) is 13.1. The van der Waals surface area contributed by atoms with E-state index in [1.807, 2.05) is 49.4 Å². The topological polar surface area (TPSA) is 58.4 Å². The van der Waals surface area contributed by atoms with Gasteiger partial charge in [-0.2, -0.15) is 4.31 Å². The Hall–Kier alpha value is -2.68. The highest BCUT2D eigenvalue weighted by Crippen LogP contribution is 2.28. The third kappa shape index (κ3) is 3.94. The minimum atomic E-state index is -3.44. The van der Waals surface area contributed by atoms with Gasteiger partial charge in [0.25, 0.3) is 10.0 Å². The van der Waals surface area contributed by atoms with Crippen LogP contribution in [0, 0.1) is 0 Å². The zero-order chi connectivity index (χ0) is 22.1. The maximum Gasteiger partial charge on any atom is 0.252 e. The molecule has 4 aromatic rings. The molecule has 0 saturated carbocycles. The Labute approximate surface area is 192 Å². The molecule has 0 amide bonds. The molecular weight excluding hydrogens is 440 g/mol. The fourth-order valence-electron chi connectivity index (χ4n) is 4.17. The number of sulfonamides is 1. The number of anilines is 1. The van der Waals surface area contributed by atoms with E-state index in [1.165, 1.54) is 16.9 Å². The summed E-state index contributed by atoms with van der Waals surface area (Å²) in [5.74, 6) is 0.900. The summed E-state index contributed by atoms with van der Waals surface area (Å²) in [5, 5.41) is 0. The van der Waals surface area contributed by atoms with Crippen LogP contribution in [0.2, 0.25) is 0 Å². The molecule has 32 heavy (non-hydrogen) atoms. The van der Waals surface area contributed by atoms with Crippen LogP contribution in [0.3, 0.4) is 0 Å². The molecule has 1 aliphatic heterocycles. The highest BCUT2D eigenvalue weighted by Gasteiger charge is 2.31. The molecule has 0 unspecified atom stereocenters. The maximum atomic E-state index is 13.1. The summed E-state index contributed by atoms with van der Waals surface area (Å²) < 4.78 is 30.5. The van der Waals surface area contributed by atoms with Gasteiger partial charge < -0.3 is 9.47 Å². The van der Waals surface area contributed by atoms with Gasteiger partial charge >= 0.3 is 0 Å². The van der Waals surface area contributed by atoms with Crippen LogP contribution in [-0.4, -0.2) is 48.5 Å². The molecule has 0 spiro atoms. The zero-order valence-electron chi connectivity index (χ0n) is 18.0. The van der Waals surface area contributed by atoms with Crippen LogP contribution in [0.15, 0.2) is 70.9 Å². The lowest BCUT2D eigenvalue weighted by Gasteiger charge is -2.34. The van der Waals surface area contributed by atoms with Crippen LogP contribution in [0.5, 0.6) is 0 Å². The van der Waals surface area contributed by atoms with Crippen molar-refractivity contribution in [1.82, 2.24) is 13.9 Å². The first-order valence-electron chi connectivity index (χ1n) is 10.9. The van der Waals surface area contributed by atoms with E-state index < -0.39 is 10.0 Å². The van der Waals surface area contributed by atoms with Gasteiger partial charge in [-0.15, -0.1) is 11.3 Å². The predicted octanol–water partition coefficient (Wildman–Crippen LogP) is 4.22. The van der Waals surface area contributed by atoms with Crippen molar-refractivity contribution in [2.45, 2.75) is 24.1 Å². The monoisotopic (exact) mass is 466 g/mol. The Kier molecular flexibility index (Phi) is 5.75. The van der Waals surface area contributed by atoms with Gasteiger partial charge in [0.15, 0.2) is 0 Å². The second-order valence-corrected chi connectivity index (χ2v) is 11.3. The summed E-state index contributed by atoms with van der Waals surface area (Å²) in [4.78, 5) is 8.22. The molecule has 8 heteroatoms. The molecule has 3 heterocycles. The van der Waals surface area contributed by atoms with Gasteiger partial charge in [0.1, 0.15) is 4.21 Å². The highest BCUT2D eigenvalue weighted by atomic mass is 32.2. The van der Waals surface area contributed by atoms with Crippen molar-refractivity contribution in [2.75, 3.05) is 31.1 Å². The molecule has 0 bridgehead atoms. The minimum Gasteiger partial charge on any atom is -0.340 e. The summed E-state index contributed by atoms with van der Waals surface area (Å²) in [7, 11) is -3.44. The van der Waals surface area contributed by atoms with Crippen LogP contribution in [0.25, 0.3) is 11.0 Å². The van der Waals surface area contributed by atoms with Gasteiger partial charge in [0.2, 0.25) is 5.95 Å². The quantitative estimate of drug-likeness (QED) is 0.427. The summed E-state index contributed by atoms with van der Waals surface area (Å²) in [6.07, 6.45) is 0.853. The molecule has 2 aromatic heterocycles. The third-order valence-corrected chi connectivity index (χ3v) is 9.51. The molecule has 1 aliphatic rings. The number of aryl methyl sites for hydroxylation is 1. The van der Waals surface area contributed by atoms with Crippen molar-refractivity contribution >= 4 is 38.3 Å². The number of para-hydroxylation sites is 2. The minimum absolute atomic E-state index is 0.444. The number of benzene rings is 2. The number of nitrogens with zero attached hydrogens (tertiary/aromatic N) is 4. The number of fused-ring (bicyclic) bond motifs is 1. The van der Waals surface area contributed by atoms with Gasteiger partial charge in [0.05, 0.1) is 17.6 Å². The summed E-state index contributed by atoms with van der Waals surface area (Å²) in [6, 6.07) is 22.2. The Bertz CT molecular complexity index is 1320. The molecule has 0 N–H and O–H groups in total. The second-order valence-electron chi connectivity index (χ2n) is 7.94. The summed E-state index contributed by atoms with van der Waals surface area (Å²) >= 11 is 1.38. The average molecular weight is 467 g/mol. The fraction of sp³-hybridized carbons (Fsp3) is 0.292. The smallest absolute Gasteiger partial charge is 0.252 e. The van der Waals surface area contributed by atoms with Gasteiger partial charge in [-0.3, -0.25) is 0 Å². The SMILES string of the molecule is CCc1ccc(S(=O)(=O)N2CCN(c3nc4ccccc4n3Cc3ccccc3)CC2)s1. The molecule has 1 saturated heterocycles. The second kappa shape index (κ2) is 8.69. The Balaban J connectivity index is 1.40. The van der Waals surface area contributed by atoms with Crippen molar-refractivity contribution in [3.8, 4) is 0 Å². The lowest BCUT2D eigenvalue weighted by molar-refractivity contribution is 0.382. The predicted molar refractivity (Wildman–Crippen MR) is 130 cm³/mol. The zero-order valence-corrected chi connectivity index (χ0v) is 19.6. The Morgan fingerprint density at radius 3 is 2.34 bits per heavy atom. The summed E-state index contributed by atoms with van der Waals surface area (Å²) in [6.45, 7) is 4.91. The van der Waals surface area contributed by atoms with E-state index in [1.54, 1.807) is 10.4 Å². The molecule has 0 radical (unpaired) electrons. The number of piperazine rings is 1. The number of hydrogen-bond donors (Lipinski definition) is 0. The lowest BCUT2D eigenvalue weighted by Crippen LogP contribution is -2.49. The van der Waals surface area contributed by atoms with Crippen molar-refractivity contribution in [1.29, 1.82) is 0 Å². The third-order valence-electron chi connectivity index (χ3n) is 5.92. The van der Waals surface area contributed by atoms with Crippen molar-refractivity contribution in [3.63, 3.8) is 0 Å². The number of hydrogen-bond acceptors (Lipinski definition) is 5. The Morgan fingerprint density at radius 2 is 1.62 bits per heavy atom. The van der Waals surface area contributed by atoms with E-state index >= 15 is 0 Å². The highest BCUT2D eigenvalue weighted by molar-refractivity contribution is 7.91. The largest absolute Gasteiger partial charge is 0.340 e. The standard InChI is InChI=1S/C24H26N4O2S2/c1-2-20-12-13-23(31-20)32(29,30)27-16-14-26(15-17-27)24-25-21-10-6-7-11-22(21)28(24)18-19-8-4-3-5-9-19/h3-13H,2,14-18H2,1H3. The molecule has 1 fully saturated rings. The number of rotatable bonds is 6. The van der Waals surface area contributed by atoms with Crippen molar-refractivity contribution in [3.05, 3.63) is 77.2 Å². The van der Waals surface area contributed by atoms with Crippen molar-refractivity contribution < 1.29 is 8.42 Å². The van der Waals surface area contributed by atoms with E-state index in [-0.39, 0.29) is 0 Å². The average Bonchev–Trinajstić information content (AvgIpc) is 3.46. The van der Waals surface area contributed by atoms with Crippen LogP contribution < -0.4 is 4.90 Å². The number of aromatic nitrogens is 2. The normalized spacial score (nSPS) is 15.5. The maximum absolute atomic E-state index is 13.1. The first-order chi connectivity index (χ1) is 15.6. The molecule has 2 aromatic carbocycles. The summed E-state index contributed by atoms with van der Waals surface area (Å²) in [5.41, 5.74) is 3.26. The van der Waals surface area contributed by atoms with E-state index in [4.69, 9.17) is 4.98 Å². The van der Waals surface area contributed by atoms with Crippen LogP contribution in [0.4, 0.5) is 5.95 Å². The van der Waals surface area contributed by atoms with E-state index in [0.29, 0.717) is 30.4 Å². The molecule has 6 nitrogen and oxygen atoms in total. The van der Waals surface area contributed by atoms with Gasteiger partial charge in [-0.25, -0.2) is 13.4 Å². The lowest BCUT2D eigenvalue weighted by atomic mass is 10.2. The molecule has 0 aliphatic carbocycles. The molecule has 0 atom stereocenters. The fourth-order valence-corrected chi connectivity index (χ4v) is 7.04. The van der Waals surface area contributed by atoms with Gasteiger partial charge in [-0.05, 0) is 36.2 Å². The van der Waals surface area contributed by atoms with E-state index in [2.05, 4.69) is 27.7 Å². The van der Waals surface area contributed by atoms with Crippen LogP contribution in [0.1, 0.15) is 17.4 Å². The Morgan fingerprint density at radius 1 is 0.906 bits per heavy atom. The van der Waals surface area contributed by atoms with Gasteiger partial charge in [0, 0.05) is 31.1 Å². The number of imidazole rings is 1. The van der Waals surface area contributed by atoms with Crippen LogP contribution in [-0.2, 0) is 23.0 Å². The number of thiophene rings is 1. The van der Waals surface area contributed by atoms with E-state index in [0.717, 1.165) is 34.8 Å².